The van der Waals surface area contributed by atoms with Crippen LogP contribution in [0.3, 0.4) is 0 Å². The molecule has 1 heterocycles. The van der Waals surface area contributed by atoms with Gasteiger partial charge in [0.2, 0.25) is 0 Å². The Kier molecular flexibility index (Phi) is 6.20. The number of hydrogen-bond acceptors (Lipinski definition) is 2. The molecule has 0 bridgehead atoms. The van der Waals surface area contributed by atoms with Crippen molar-refractivity contribution in [2.24, 2.45) is 5.92 Å². The van der Waals surface area contributed by atoms with E-state index in [1.807, 2.05) is 0 Å². The molecule has 1 unspecified atom stereocenters. The fraction of sp³-hybridized carbons (Fsp3) is 1.00. The van der Waals surface area contributed by atoms with Gasteiger partial charge in [0.1, 0.15) is 0 Å². The molecule has 0 aromatic heterocycles. The Bertz CT molecular complexity index is 311. The van der Waals surface area contributed by atoms with Crippen molar-refractivity contribution in [1.29, 1.82) is 0 Å². The van der Waals surface area contributed by atoms with Gasteiger partial charge in [-0.2, -0.15) is 12.7 Å². The second-order valence-electron chi connectivity index (χ2n) is 4.55. The average molecular weight is 283 g/mol. The van der Waals surface area contributed by atoms with Crippen LogP contribution < -0.4 is 4.72 Å². The number of rotatable bonds is 7. The first-order valence-corrected chi connectivity index (χ1v) is 8.27. The first-order valence-electron chi connectivity index (χ1n) is 6.40. The van der Waals surface area contributed by atoms with Crippen LogP contribution in [0.2, 0.25) is 0 Å². The maximum absolute atomic E-state index is 11.9. The summed E-state index contributed by atoms with van der Waals surface area (Å²) in [5, 5.41) is -0.123. The third-order valence-electron chi connectivity index (χ3n) is 3.43. The maximum atomic E-state index is 11.9. The summed E-state index contributed by atoms with van der Waals surface area (Å²) in [6.45, 7) is 5.75. The summed E-state index contributed by atoms with van der Waals surface area (Å²) >= 11 is 6.21. The Morgan fingerprint density at radius 3 is 2.24 bits per heavy atom. The van der Waals surface area contributed by atoms with Crippen LogP contribution in [0, 0.1) is 5.92 Å². The van der Waals surface area contributed by atoms with Gasteiger partial charge in [-0.3, -0.25) is 0 Å². The van der Waals surface area contributed by atoms with E-state index in [0.717, 1.165) is 25.7 Å². The first-order chi connectivity index (χ1) is 8.01. The Labute approximate surface area is 110 Å². The zero-order valence-corrected chi connectivity index (χ0v) is 12.2. The van der Waals surface area contributed by atoms with Gasteiger partial charge < -0.3 is 0 Å². The Morgan fingerprint density at radius 2 is 1.76 bits per heavy atom. The van der Waals surface area contributed by atoms with E-state index in [1.165, 1.54) is 4.31 Å². The molecular formula is C11H23ClN2O2S. The average Bonchev–Trinajstić information content (AvgIpc) is 2.82. The molecule has 0 aromatic rings. The molecule has 0 radical (unpaired) electrons. The van der Waals surface area contributed by atoms with Crippen molar-refractivity contribution in [2.75, 3.05) is 19.6 Å². The highest BCUT2D eigenvalue weighted by Crippen LogP contribution is 2.18. The molecule has 4 nitrogen and oxygen atoms in total. The van der Waals surface area contributed by atoms with Gasteiger partial charge in [-0.05, 0) is 18.8 Å². The highest BCUT2D eigenvalue weighted by molar-refractivity contribution is 7.87. The van der Waals surface area contributed by atoms with Crippen molar-refractivity contribution >= 4 is 21.8 Å². The Morgan fingerprint density at radius 1 is 1.24 bits per heavy atom. The monoisotopic (exact) mass is 282 g/mol. The predicted molar refractivity (Wildman–Crippen MR) is 71.4 cm³/mol. The molecule has 0 aromatic carbocycles. The maximum Gasteiger partial charge on any atom is 0.279 e. The summed E-state index contributed by atoms with van der Waals surface area (Å²) < 4.78 is 27.9. The zero-order valence-electron chi connectivity index (χ0n) is 10.7. The molecule has 0 saturated carbocycles. The molecule has 1 aliphatic heterocycles. The van der Waals surface area contributed by atoms with E-state index in [4.69, 9.17) is 11.6 Å². The summed E-state index contributed by atoms with van der Waals surface area (Å²) in [7, 11) is -3.31. The largest absolute Gasteiger partial charge is 0.279 e. The molecule has 1 aliphatic rings. The van der Waals surface area contributed by atoms with E-state index >= 15 is 0 Å². The van der Waals surface area contributed by atoms with Crippen molar-refractivity contribution in [1.82, 2.24) is 9.03 Å². The van der Waals surface area contributed by atoms with Gasteiger partial charge in [0.25, 0.3) is 10.2 Å². The number of halogens is 1. The molecule has 1 saturated heterocycles. The van der Waals surface area contributed by atoms with Gasteiger partial charge in [-0.15, -0.1) is 11.6 Å². The number of nitrogens with one attached hydrogen (secondary N) is 1. The van der Waals surface area contributed by atoms with Crippen LogP contribution in [-0.4, -0.2) is 37.7 Å². The predicted octanol–water partition coefficient (Wildman–Crippen LogP) is 1.96. The van der Waals surface area contributed by atoms with Crippen LogP contribution in [0.5, 0.6) is 0 Å². The smallest absolute Gasteiger partial charge is 0.201 e. The normalized spacial score (nSPS) is 20.0. The van der Waals surface area contributed by atoms with Crippen molar-refractivity contribution in [2.45, 2.75) is 44.9 Å². The number of alkyl halides is 1. The van der Waals surface area contributed by atoms with Crippen molar-refractivity contribution in [3.05, 3.63) is 0 Å². The summed E-state index contributed by atoms with van der Waals surface area (Å²) in [4.78, 5) is 0. The van der Waals surface area contributed by atoms with E-state index in [2.05, 4.69) is 18.6 Å². The van der Waals surface area contributed by atoms with Crippen molar-refractivity contribution < 1.29 is 8.42 Å². The van der Waals surface area contributed by atoms with Gasteiger partial charge >= 0.3 is 0 Å². The van der Waals surface area contributed by atoms with Gasteiger partial charge in [-0.1, -0.05) is 26.7 Å². The van der Waals surface area contributed by atoms with Gasteiger partial charge in [-0.25, -0.2) is 4.72 Å². The third-order valence-corrected chi connectivity index (χ3v) is 5.51. The third kappa shape index (κ3) is 4.39. The lowest BCUT2D eigenvalue weighted by Crippen LogP contribution is -2.42. The van der Waals surface area contributed by atoms with Crippen molar-refractivity contribution in [3.8, 4) is 0 Å². The molecule has 1 rings (SSSR count). The minimum absolute atomic E-state index is 0.123. The number of nitrogens with zero attached hydrogens (tertiary/aromatic N) is 1. The van der Waals surface area contributed by atoms with Crippen LogP contribution in [0.1, 0.15) is 39.5 Å². The minimum Gasteiger partial charge on any atom is -0.201 e. The van der Waals surface area contributed by atoms with Crippen LogP contribution in [0.25, 0.3) is 0 Å². The van der Waals surface area contributed by atoms with Crippen LogP contribution >= 0.6 is 11.6 Å². The summed E-state index contributed by atoms with van der Waals surface area (Å²) in [5.74, 6) is 0.373. The Hall–Kier alpha value is 0.160. The summed E-state index contributed by atoms with van der Waals surface area (Å²) in [6, 6.07) is 0. The molecular weight excluding hydrogens is 260 g/mol. The zero-order chi connectivity index (χ0) is 12.9. The van der Waals surface area contributed by atoms with Crippen LogP contribution in [0.15, 0.2) is 0 Å². The van der Waals surface area contributed by atoms with E-state index in [-0.39, 0.29) is 5.38 Å². The topological polar surface area (TPSA) is 49.4 Å². The number of hydrogen-bond donors (Lipinski definition) is 1. The van der Waals surface area contributed by atoms with Gasteiger partial charge in [0.15, 0.2) is 0 Å². The Balaban J connectivity index is 2.43. The molecule has 6 heteroatoms. The lowest BCUT2D eigenvalue weighted by atomic mass is 9.99. The molecule has 1 fully saturated rings. The summed E-state index contributed by atoms with van der Waals surface area (Å²) in [6.07, 6.45) is 3.88. The highest BCUT2D eigenvalue weighted by Gasteiger charge is 2.26. The first kappa shape index (κ1) is 15.2. The standard InChI is InChI=1S/C11H23ClN2O2S/c1-3-10(4-2)11(12)9-13-17(15,16)14-7-5-6-8-14/h10-11,13H,3-9H2,1-2H3. The SMILES string of the molecule is CCC(CC)C(Cl)CNS(=O)(=O)N1CCCC1. The fourth-order valence-corrected chi connectivity index (χ4v) is 4.01. The lowest BCUT2D eigenvalue weighted by Gasteiger charge is -2.22. The van der Waals surface area contributed by atoms with Crippen LogP contribution in [-0.2, 0) is 10.2 Å². The second kappa shape index (κ2) is 6.92. The lowest BCUT2D eigenvalue weighted by molar-refractivity contribution is 0.440. The highest BCUT2D eigenvalue weighted by atomic mass is 35.5. The summed E-state index contributed by atoms with van der Waals surface area (Å²) in [5.41, 5.74) is 0. The second-order valence-corrected chi connectivity index (χ2v) is 6.87. The molecule has 0 amide bonds. The van der Waals surface area contributed by atoms with Crippen molar-refractivity contribution in [3.63, 3.8) is 0 Å². The van der Waals surface area contributed by atoms with Crippen LogP contribution in [0.4, 0.5) is 0 Å². The molecule has 1 N–H and O–H groups in total. The van der Waals surface area contributed by atoms with E-state index in [0.29, 0.717) is 25.6 Å². The molecule has 1 atom stereocenters. The van der Waals surface area contributed by atoms with Gasteiger partial charge in [0.05, 0.1) is 0 Å². The molecule has 102 valence electrons. The molecule has 0 aliphatic carbocycles. The van der Waals surface area contributed by atoms with E-state index in [1.54, 1.807) is 0 Å². The van der Waals surface area contributed by atoms with Gasteiger partial charge in [0, 0.05) is 25.0 Å². The van der Waals surface area contributed by atoms with E-state index in [9.17, 15) is 8.42 Å². The molecule has 0 spiro atoms. The fourth-order valence-electron chi connectivity index (χ4n) is 2.17. The van der Waals surface area contributed by atoms with E-state index < -0.39 is 10.2 Å². The minimum atomic E-state index is -3.31. The quantitative estimate of drug-likeness (QED) is 0.726. The molecule has 17 heavy (non-hydrogen) atoms.